The van der Waals surface area contributed by atoms with Crippen molar-refractivity contribution in [1.29, 1.82) is 0 Å². The zero-order valence-electron chi connectivity index (χ0n) is 10.3. The Labute approximate surface area is 120 Å². The first kappa shape index (κ1) is 12.5. The molecular weight excluding hydrogens is 281 g/mol. The fraction of sp³-hybridized carbons (Fsp3) is 0.143. The number of hydrogen-bond donors (Lipinski definition) is 0. The van der Waals surface area contributed by atoms with Gasteiger partial charge < -0.3 is 4.57 Å². The van der Waals surface area contributed by atoms with Gasteiger partial charge in [-0.1, -0.05) is 23.2 Å². The van der Waals surface area contributed by atoms with E-state index in [0.29, 0.717) is 10.0 Å². The number of benzene rings is 1. The second kappa shape index (κ2) is 4.83. The molecule has 0 saturated carbocycles. The molecule has 0 fully saturated rings. The molecular formula is C14H11Cl2N3. The highest BCUT2D eigenvalue weighted by molar-refractivity contribution is 6.35. The summed E-state index contributed by atoms with van der Waals surface area (Å²) in [6.45, 7) is 2.95. The molecule has 0 N–H and O–H groups in total. The zero-order valence-corrected chi connectivity index (χ0v) is 11.8. The average molecular weight is 292 g/mol. The molecule has 0 atom stereocenters. The highest BCUT2D eigenvalue weighted by Crippen LogP contribution is 2.27. The number of nitrogens with zero attached hydrogens (tertiary/aromatic N) is 3. The zero-order chi connectivity index (χ0) is 13.4. The van der Waals surface area contributed by atoms with E-state index in [4.69, 9.17) is 23.2 Å². The molecule has 2 heterocycles. The summed E-state index contributed by atoms with van der Waals surface area (Å²) < 4.78 is 2.08. The van der Waals surface area contributed by atoms with Gasteiger partial charge in [0.15, 0.2) is 0 Å². The lowest BCUT2D eigenvalue weighted by molar-refractivity contribution is 0.787. The standard InChI is InChI=1S/C14H11Cl2N3/c1-2-19-8-18-13-7-17-12(6-14(13)19)9-3-10(15)5-11(16)4-9/h3-8H,2H2,1H3. The van der Waals surface area contributed by atoms with Gasteiger partial charge in [0, 0.05) is 22.2 Å². The SMILES string of the molecule is CCn1cnc2cnc(-c3cc(Cl)cc(Cl)c3)cc21. The second-order valence-corrected chi connectivity index (χ2v) is 5.12. The number of halogens is 2. The van der Waals surface area contributed by atoms with Gasteiger partial charge in [-0.2, -0.15) is 0 Å². The van der Waals surface area contributed by atoms with E-state index in [-0.39, 0.29) is 0 Å². The van der Waals surface area contributed by atoms with Crippen LogP contribution in [0.1, 0.15) is 6.92 Å². The number of fused-ring (bicyclic) bond motifs is 1. The summed E-state index contributed by atoms with van der Waals surface area (Å²) in [4.78, 5) is 8.72. The largest absolute Gasteiger partial charge is 0.331 e. The fourth-order valence-electron chi connectivity index (χ4n) is 2.07. The Bertz CT molecular complexity index is 729. The van der Waals surface area contributed by atoms with Crippen LogP contribution < -0.4 is 0 Å². The molecule has 0 bridgehead atoms. The topological polar surface area (TPSA) is 30.7 Å². The highest BCUT2D eigenvalue weighted by Gasteiger charge is 2.07. The summed E-state index contributed by atoms with van der Waals surface area (Å²) in [5, 5.41) is 1.21. The number of imidazole rings is 1. The van der Waals surface area contributed by atoms with Crippen LogP contribution in [0.3, 0.4) is 0 Å². The van der Waals surface area contributed by atoms with Crippen LogP contribution in [0, 0.1) is 0 Å². The summed E-state index contributed by atoms with van der Waals surface area (Å²) in [6, 6.07) is 7.43. The Morgan fingerprint density at radius 2 is 1.79 bits per heavy atom. The molecule has 96 valence electrons. The summed E-state index contributed by atoms with van der Waals surface area (Å²) in [5.74, 6) is 0. The quantitative estimate of drug-likeness (QED) is 0.699. The molecule has 0 saturated heterocycles. The van der Waals surface area contributed by atoms with Crippen molar-refractivity contribution in [2.75, 3.05) is 0 Å². The van der Waals surface area contributed by atoms with Gasteiger partial charge in [-0.15, -0.1) is 0 Å². The molecule has 0 unspecified atom stereocenters. The van der Waals surface area contributed by atoms with Crippen LogP contribution in [0.5, 0.6) is 0 Å². The van der Waals surface area contributed by atoms with E-state index in [1.54, 1.807) is 12.3 Å². The predicted octanol–water partition coefficient (Wildman–Crippen LogP) is 4.43. The molecule has 0 aliphatic carbocycles. The second-order valence-electron chi connectivity index (χ2n) is 4.25. The number of aromatic nitrogens is 3. The monoisotopic (exact) mass is 291 g/mol. The van der Waals surface area contributed by atoms with Gasteiger partial charge in [-0.05, 0) is 31.2 Å². The van der Waals surface area contributed by atoms with Crippen molar-refractivity contribution in [2.24, 2.45) is 0 Å². The Morgan fingerprint density at radius 3 is 2.47 bits per heavy atom. The maximum atomic E-state index is 6.03. The lowest BCUT2D eigenvalue weighted by atomic mass is 10.1. The Balaban J connectivity index is 2.19. The van der Waals surface area contributed by atoms with Gasteiger partial charge in [-0.3, -0.25) is 4.98 Å². The van der Waals surface area contributed by atoms with Gasteiger partial charge in [0.1, 0.15) is 5.52 Å². The maximum absolute atomic E-state index is 6.03. The van der Waals surface area contributed by atoms with Gasteiger partial charge in [0.2, 0.25) is 0 Å². The molecule has 1 aromatic carbocycles. The minimum atomic E-state index is 0.605. The normalized spacial score (nSPS) is 11.1. The van der Waals surface area contributed by atoms with Gasteiger partial charge in [0.05, 0.1) is 23.7 Å². The van der Waals surface area contributed by atoms with Crippen LogP contribution in [0.15, 0.2) is 36.8 Å². The minimum Gasteiger partial charge on any atom is -0.331 e. The Hall–Kier alpha value is -1.58. The summed E-state index contributed by atoms with van der Waals surface area (Å²) in [6.07, 6.45) is 3.59. The lowest BCUT2D eigenvalue weighted by Gasteiger charge is -2.04. The lowest BCUT2D eigenvalue weighted by Crippen LogP contribution is -1.92. The molecule has 0 spiro atoms. The van der Waals surface area contributed by atoms with E-state index in [0.717, 1.165) is 28.8 Å². The van der Waals surface area contributed by atoms with E-state index in [1.165, 1.54) is 0 Å². The van der Waals surface area contributed by atoms with Crippen LogP contribution in [0.2, 0.25) is 10.0 Å². The highest BCUT2D eigenvalue weighted by atomic mass is 35.5. The van der Waals surface area contributed by atoms with Crippen molar-refractivity contribution >= 4 is 34.2 Å². The first-order valence-electron chi connectivity index (χ1n) is 5.94. The summed E-state index contributed by atoms with van der Waals surface area (Å²) in [5.41, 5.74) is 3.69. The molecule has 0 aliphatic rings. The van der Waals surface area contributed by atoms with Gasteiger partial charge in [0.25, 0.3) is 0 Å². The smallest absolute Gasteiger partial charge is 0.107 e. The van der Waals surface area contributed by atoms with Crippen molar-refractivity contribution in [1.82, 2.24) is 14.5 Å². The first-order valence-corrected chi connectivity index (χ1v) is 6.70. The molecule has 19 heavy (non-hydrogen) atoms. The van der Waals surface area contributed by atoms with Crippen molar-refractivity contribution in [3.63, 3.8) is 0 Å². The van der Waals surface area contributed by atoms with Crippen molar-refractivity contribution in [2.45, 2.75) is 13.5 Å². The van der Waals surface area contributed by atoms with Crippen molar-refractivity contribution in [3.05, 3.63) is 46.8 Å². The number of aryl methyl sites for hydroxylation is 1. The number of rotatable bonds is 2. The first-order chi connectivity index (χ1) is 9.17. The fourth-order valence-corrected chi connectivity index (χ4v) is 2.60. The van der Waals surface area contributed by atoms with Crippen molar-refractivity contribution in [3.8, 4) is 11.3 Å². The van der Waals surface area contributed by atoms with Crippen LogP contribution in [-0.2, 0) is 6.54 Å². The van der Waals surface area contributed by atoms with Crippen LogP contribution in [0.25, 0.3) is 22.3 Å². The van der Waals surface area contributed by atoms with E-state index in [2.05, 4.69) is 21.5 Å². The molecule has 0 aliphatic heterocycles. The molecule has 3 aromatic rings. The van der Waals surface area contributed by atoms with E-state index >= 15 is 0 Å². The molecule has 5 heteroatoms. The molecule has 3 nitrogen and oxygen atoms in total. The third kappa shape index (κ3) is 2.31. The number of hydrogen-bond acceptors (Lipinski definition) is 2. The molecule has 0 radical (unpaired) electrons. The molecule has 3 rings (SSSR count). The van der Waals surface area contributed by atoms with Crippen LogP contribution in [-0.4, -0.2) is 14.5 Å². The average Bonchev–Trinajstić information content (AvgIpc) is 2.79. The van der Waals surface area contributed by atoms with Gasteiger partial charge >= 0.3 is 0 Å². The minimum absolute atomic E-state index is 0.605. The number of pyridine rings is 1. The summed E-state index contributed by atoms with van der Waals surface area (Å²) in [7, 11) is 0. The van der Waals surface area contributed by atoms with Gasteiger partial charge in [-0.25, -0.2) is 4.98 Å². The predicted molar refractivity (Wildman–Crippen MR) is 78.7 cm³/mol. The van der Waals surface area contributed by atoms with E-state index in [9.17, 15) is 0 Å². The third-order valence-electron chi connectivity index (χ3n) is 3.01. The van der Waals surface area contributed by atoms with Crippen LogP contribution in [0.4, 0.5) is 0 Å². The Kier molecular flexibility index (Phi) is 3.17. The van der Waals surface area contributed by atoms with Crippen LogP contribution >= 0.6 is 23.2 Å². The van der Waals surface area contributed by atoms with E-state index < -0.39 is 0 Å². The third-order valence-corrected chi connectivity index (χ3v) is 3.44. The van der Waals surface area contributed by atoms with E-state index in [1.807, 2.05) is 24.5 Å². The van der Waals surface area contributed by atoms with Crippen molar-refractivity contribution < 1.29 is 0 Å². The Morgan fingerprint density at radius 1 is 1.05 bits per heavy atom. The molecule has 2 aromatic heterocycles. The molecule has 0 amide bonds. The summed E-state index contributed by atoms with van der Waals surface area (Å²) >= 11 is 12.1. The maximum Gasteiger partial charge on any atom is 0.107 e.